The van der Waals surface area contributed by atoms with Crippen LogP contribution >= 0.6 is 0 Å². The van der Waals surface area contributed by atoms with Gasteiger partial charge in [0.25, 0.3) is 0 Å². The third-order valence-electron chi connectivity index (χ3n) is 2.77. The van der Waals surface area contributed by atoms with Crippen molar-refractivity contribution < 1.29 is 9.59 Å². The Labute approximate surface area is 111 Å². The molecule has 0 aromatic heterocycles. The van der Waals surface area contributed by atoms with Crippen LogP contribution in [0, 0.1) is 0 Å². The molecule has 2 N–H and O–H groups in total. The highest BCUT2D eigenvalue weighted by Crippen LogP contribution is 2.04. The average Bonchev–Trinajstić information content (AvgIpc) is 2.35. The van der Waals surface area contributed by atoms with Crippen molar-refractivity contribution in [3.63, 3.8) is 0 Å². The topological polar surface area (TPSA) is 58.2 Å². The third kappa shape index (κ3) is 8.09. The maximum atomic E-state index is 11.9. The van der Waals surface area contributed by atoms with Crippen LogP contribution in [0.25, 0.3) is 0 Å². The molecule has 2 amide bonds. The summed E-state index contributed by atoms with van der Waals surface area (Å²) < 4.78 is 0. The first-order valence-corrected chi connectivity index (χ1v) is 7.22. The standard InChI is InChI=1S/C14H28N2O2/c1-4-7-8-10-12(14(18)15-11-6-3)16-13(17)9-5-2/h12H,4-11H2,1-3H3,(H,15,18)(H,16,17). The van der Waals surface area contributed by atoms with E-state index < -0.39 is 0 Å². The zero-order chi connectivity index (χ0) is 13.8. The van der Waals surface area contributed by atoms with E-state index >= 15 is 0 Å². The molecule has 106 valence electrons. The second kappa shape index (κ2) is 11.1. The number of rotatable bonds is 10. The number of carbonyl (C=O) groups is 2. The summed E-state index contributed by atoms with van der Waals surface area (Å²) in [5, 5.41) is 5.69. The van der Waals surface area contributed by atoms with Crippen molar-refractivity contribution >= 4 is 11.8 Å². The number of nitrogens with one attached hydrogen (secondary N) is 2. The number of unbranched alkanes of at least 4 members (excludes halogenated alkanes) is 2. The molecule has 0 bridgehead atoms. The molecule has 0 aliphatic heterocycles. The highest BCUT2D eigenvalue weighted by molar-refractivity contribution is 5.87. The molecule has 0 saturated carbocycles. The number of amides is 2. The molecule has 0 aromatic carbocycles. The van der Waals surface area contributed by atoms with Crippen LogP contribution in [0.15, 0.2) is 0 Å². The molecule has 0 fully saturated rings. The van der Waals surface area contributed by atoms with E-state index in [1.54, 1.807) is 0 Å². The predicted octanol–water partition coefficient (Wildman–Crippen LogP) is 2.38. The van der Waals surface area contributed by atoms with Gasteiger partial charge in [-0.2, -0.15) is 0 Å². The van der Waals surface area contributed by atoms with Crippen LogP contribution in [0.5, 0.6) is 0 Å². The smallest absolute Gasteiger partial charge is 0.242 e. The molecule has 0 spiro atoms. The minimum atomic E-state index is -0.359. The van der Waals surface area contributed by atoms with Crippen molar-refractivity contribution in [3.05, 3.63) is 0 Å². The van der Waals surface area contributed by atoms with Crippen LogP contribution in [-0.2, 0) is 9.59 Å². The summed E-state index contributed by atoms with van der Waals surface area (Å²) in [6.07, 6.45) is 6.14. The van der Waals surface area contributed by atoms with Crippen LogP contribution < -0.4 is 10.6 Å². The lowest BCUT2D eigenvalue weighted by Gasteiger charge is -2.18. The van der Waals surface area contributed by atoms with Crippen molar-refractivity contribution in [1.29, 1.82) is 0 Å². The maximum Gasteiger partial charge on any atom is 0.242 e. The largest absolute Gasteiger partial charge is 0.354 e. The van der Waals surface area contributed by atoms with Gasteiger partial charge in [0.15, 0.2) is 0 Å². The van der Waals surface area contributed by atoms with Gasteiger partial charge in [0.05, 0.1) is 0 Å². The predicted molar refractivity (Wildman–Crippen MR) is 74.3 cm³/mol. The van der Waals surface area contributed by atoms with E-state index in [4.69, 9.17) is 0 Å². The molecule has 0 aliphatic rings. The second-order valence-electron chi connectivity index (χ2n) is 4.66. The first-order valence-electron chi connectivity index (χ1n) is 7.22. The molecule has 1 unspecified atom stereocenters. The normalized spacial score (nSPS) is 11.9. The van der Waals surface area contributed by atoms with Gasteiger partial charge in [0.1, 0.15) is 6.04 Å². The van der Waals surface area contributed by atoms with Gasteiger partial charge < -0.3 is 10.6 Å². The van der Waals surface area contributed by atoms with Crippen LogP contribution in [0.4, 0.5) is 0 Å². The van der Waals surface area contributed by atoms with Crippen molar-refractivity contribution in [2.24, 2.45) is 0 Å². The molecule has 0 aliphatic carbocycles. The maximum absolute atomic E-state index is 11.9. The Hall–Kier alpha value is -1.06. The Bertz CT molecular complexity index is 242. The summed E-state index contributed by atoms with van der Waals surface area (Å²) in [5.41, 5.74) is 0. The molecule has 0 aromatic rings. The first kappa shape index (κ1) is 16.9. The summed E-state index contributed by atoms with van der Waals surface area (Å²) >= 11 is 0. The summed E-state index contributed by atoms with van der Waals surface area (Å²) in [6.45, 7) is 6.78. The fraction of sp³-hybridized carbons (Fsp3) is 0.857. The zero-order valence-electron chi connectivity index (χ0n) is 12.1. The molecule has 4 heteroatoms. The van der Waals surface area contributed by atoms with E-state index in [1.807, 2.05) is 13.8 Å². The average molecular weight is 256 g/mol. The van der Waals surface area contributed by atoms with Gasteiger partial charge in [-0.25, -0.2) is 0 Å². The molecule has 0 saturated heterocycles. The van der Waals surface area contributed by atoms with Gasteiger partial charge in [-0.3, -0.25) is 9.59 Å². The Morgan fingerprint density at radius 3 is 2.28 bits per heavy atom. The minimum absolute atomic E-state index is 0.0225. The Kier molecular flexibility index (Phi) is 10.4. The minimum Gasteiger partial charge on any atom is -0.354 e. The SMILES string of the molecule is CCCCCC(NC(=O)CCC)C(=O)NCCC. The summed E-state index contributed by atoms with van der Waals surface area (Å²) in [7, 11) is 0. The van der Waals surface area contributed by atoms with Crippen molar-refractivity contribution in [2.75, 3.05) is 6.54 Å². The molecule has 0 radical (unpaired) electrons. The van der Waals surface area contributed by atoms with E-state index in [-0.39, 0.29) is 17.9 Å². The third-order valence-corrected chi connectivity index (χ3v) is 2.77. The number of carbonyl (C=O) groups excluding carboxylic acids is 2. The molecular weight excluding hydrogens is 228 g/mol. The molecule has 4 nitrogen and oxygen atoms in total. The molecular formula is C14H28N2O2. The lowest BCUT2D eigenvalue weighted by Crippen LogP contribution is -2.46. The number of hydrogen-bond donors (Lipinski definition) is 2. The van der Waals surface area contributed by atoms with Crippen molar-refractivity contribution in [2.45, 2.75) is 71.8 Å². The summed E-state index contributed by atoms with van der Waals surface area (Å²) in [6, 6.07) is -0.359. The van der Waals surface area contributed by atoms with Crippen molar-refractivity contribution in [3.8, 4) is 0 Å². The van der Waals surface area contributed by atoms with Gasteiger partial charge in [-0.15, -0.1) is 0 Å². The molecule has 18 heavy (non-hydrogen) atoms. The first-order chi connectivity index (χ1) is 8.65. The van der Waals surface area contributed by atoms with Gasteiger partial charge in [0.2, 0.25) is 11.8 Å². The second-order valence-corrected chi connectivity index (χ2v) is 4.66. The van der Waals surface area contributed by atoms with Crippen LogP contribution in [0.1, 0.15) is 65.7 Å². The summed E-state index contributed by atoms with van der Waals surface area (Å²) in [5.74, 6) is -0.0666. The lowest BCUT2D eigenvalue weighted by atomic mass is 10.1. The van der Waals surface area contributed by atoms with Gasteiger partial charge in [-0.05, 0) is 19.3 Å². The Balaban J connectivity index is 4.22. The van der Waals surface area contributed by atoms with Gasteiger partial charge in [0, 0.05) is 13.0 Å². The van der Waals surface area contributed by atoms with E-state index in [0.29, 0.717) is 13.0 Å². The van der Waals surface area contributed by atoms with Crippen molar-refractivity contribution in [1.82, 2.24) is 10.6 Å². The van der Waals surface area contributed by atoms with E-state index in [1.165, 1.54) is 0 Å². The molecule has 0 rings (SSSR count). The van der Waals surface area contributed by atoms with Gasteiger partial charge >= 0.3 is 0 Å². The zero-order valence-corrected chi connectivity index (χ0v) is 12.1. The molecule has 1 atom stereocenters. The monoisotopic (exact) mass is 256 g/mol. The highest BCUT2D eigenvalue weighted by atomic mass is 16.2. The fourth-order valence-electron chi connectivity index (χ4n) is 1.73. The Morgan fingerprint density at radius 2 is 1.72 bits per heavy atom. The lowest BCUT2D eigenvalue weighted by molar-refractivity contribution is -0.129. The highest BCUT2D eigenvalue weighted by Gasteiger charge is 2.19. The van der Waals surface area contributed by atoms with Crippen LogP contribution in [-0.4, -0.2) is 24.4 Å². The summed E-state index contributed by atoms with van der Waals surface area (Å²) in [4.78, 5) is 23.5. The Morgan fingerprint density at radius 1 is 1.00 bits per heavy atom. The van der Waals surface area contributed by atoms with Crippen LogP contribution in [0.3, 0.4) is 0 Å². The van der Waals surface area contributed by atoms with E-state index in [2.05, 4.69) is 17.6 Å². The number of hydrogen-bond acceptors (Lipinski definition) is 2. The van der Waals surface area contributed by atoms with Gasteiger partial charge in [-0.1, -0.05) is 40.0 Å². The van der Waals surface area contributed by atoms with Crippen LogP contribution in [0.2, 0.25) is 0 Å². The quantitative estimate of drug-likeness (QED) is 0.590. The van der Waals surface area contributed by atoms with E-state index in [9.17, 15) is 9.59 Å². The van der Waals surface area contributed by atoms with E-state index in [0.717, 1.165) is 38.5 Å². The molecule has 0 heterocycles. The fourth-order valence-corrected chi connectivity index (χ4v) is 1.73.